The number of rotatable bonds is 3. The fourth-order valence-corrected chi connectivity index (χ4v) is 2.72. The van der Waals surface area contributed by atoms with Crippen LogP contribution < -0.4 is 5.73 Å². The molecule has 2 N–H and O–H groups in total. The molecule has 2 rings (SSSR count). The topological polar surface area (TPSA) is 26.0 Å². The molecule has 0 fully saturated rings. The van der Waals surface area contributed by atoms with E-state index in [-0.39, 0.29) is 5.54 Å². The second-order valence-electron chi connectivity index (χ2n) is 5.52. The molecule has 1 atom stereocenters. The van der Waals surface area contributed by atoms with Gasteiger partial charge in [0.05, 0.1) is 0 Å². The number of halogens is 1. The van der Waals surface area contributed by atoms with Crippen molar-refractivity contribution in [2.75, 3.05) is 0 Å². The van der Waals surface area contributed by atoms with Gasteiger partial charge in [-0.25, -0.2) is 0 Å². The fraction of sp³-hybridized carbons (Fsp3) is 0.294. The Balaban J connectivity index is 2.29. The van der Waals surface area contributed by atoms with Gasteiger partial charge >= 0.3 is 0 Å². The minimum atomic E-state index is -0.348. The van der Waals surface area contributed by atoms with Crippen molar-refractivity contribution < 1.29 is 0 Å². The fourth-order valence-electron chi connectivity index (χ4n) is 2.27. The first-order chi connectivity index (χ1) is 8.88. The van der Waals surface area contributed by atoms with E-state index in [1.54, 1.807) is 0 Å². The first kappa shape index (κ1) is 14.3. The molecule has 0 aromatic heterocycles. The second-order valence-corrected chi connectivity index (χ2v) is 6.44. The summed E-state index contributed by atoms with van der Waals surface area (Å²) in [6, 6.07) is 14.8. The summed E-state index contributed by atoms with van der Waals surface area (Å²) in [5, 5.41) is 0. The summed E-state index contributed by atoms with van der Waals surface area (Å²) >= 11 is 3.51. The molecule has 0 radical (unpaired) electrons. The highest BCUT2D eigenvalue weighted by molar-refractivity contribution is 9.10. The Labute approximate surface area is 124 Å². The molecule has 0 amide bonds. The van der Waals surface area contributed by atoms with Gasteiger partial charge in [0.2, 0.25) is 0 Å². The molecule has 1 unspecified atom stereocenters. The smallest absolute Gasteiger partial charge is 0.0421 e. The predicted molar refractivity (Wildman–Crippen MR) is 85.3 cm³/mol. The molecule has 2 aromatic carbocycles. The molecule has 0 aliphatic carbocycles. The molecule has 0 heterocycles. The molecule has 2 aromatic rings. The molecule has 100 valence electrons. The molecular formula is C17H20BrN. The Bertz CT molecular complexity index is 588. The van der Waals surface area contributed by atoms with Crippen LogP contribution in [0.2, 0.25) is 0 Å². The maximum Gasteiger partial charge on any atom is 0.0421 e. The average Bonchev–Trinajstić information content (AvgIpc) is 2.32. The summed E-state index contributed by atoms with van der Waals surface area (Å²) < 4.78 is 1.10. The Morgan fingerprint density at radius 3 is 2.42 bits per heavy atom. The lowest BCUT2D eigenvalue weighted by Crippen LogP contribution is -2.35. The van der Waals surface area contributed by atoms with E-state index in [0.29, 0.717) is 0 Å². The second kappa shape index (κ2) is 5.48. The normalized spacial score (nSPS) is 14.2. The standard InChI is InChI=1S/C17H20BrN/c1-12-7-8-15(9-13(12)2)17(3,19)11-14-5-4-6-16(18)10-14/h4-10H,11,19H2,1-3H3. The maximum absolute atomic E-state index is 6.52. The van der Waals surface area contributed by atoms with Gasteiger partial charge in [0.1, 0.15) is 0 Å². The van der Waals surface area contributed by atoms with E-state index in [9.17, 15) is 0 Å². The van der Waals surface area contributed by atoms with Crippen LogP contribution in [0.3, 0.4) is 0 Å². The quantitative estimate of drug-likeness (QED) is 0.887. The SMILES string of the molecule is Cc1ccc(C(C)(N)Cc2cccc(Br)c2)cc1C. The lowest BCUT2D eigenvalue weighted by molar-refractivity contribution is 0.491. The van der Waals surface area contributed by atoms with Gasteiger partial charge < -0.3 is 5.73 Å². The summed E-state index contributed by atoms with van der Waals surface area (Å²) in [7, 11) is 0. The number of benzene rings is 2. The van der Waals surface area contributed by atoms with E-state index < -0.39 is 0 Å². The van der Waals surface area contributed by atoms with Gasteiger partial charge in [-0.2, -0.15) is 0 Å². The summed E-state index contributed by atoms with van der Waals surface area (Å²) in [4.78, 5) is 0. The van der Waals surface area contributed by atoms with Gasteiger partial charge in [-0.05, 0) is 61.6 Å². The summed E-state index contributed by atoms with van der Waals surface area (Å²) in [5.74, 6) is 0. The third-order valence-corrected chi connectivity index (χ3v) is 4.12. The molecule has 0 spiro atoms. The lowest BCUT2D eigenvalue weighted by Gasteiger charge is -2.26. The van der Waals surface area contributed by atoms with Gasteiger partial charge in [-0.1, -0.05) is 46.3 Å². The number of aryl methyl sites for hydroxylation is 2. The summed E-state index contributed by atoms with van der Waals surface area (Å²) in [6.45, 7) is 6.35. The van der Waals surface area contributed by atoms with Crippen molar-refractivity contribution in [3.63, 3.8) is 0 Å². The molecule has 0 saturated carbocycles. The zero-order valence-corrected chi connectivity index (χ0v) is 13.3. The van der Waals surface area contributed by atoms with Crippen molar-refractivity contribution in [1.29, 1.82) is 0 Å². The highest BCUT2D eigenvalue weighted by Gasteiger charge is 2.22. The van der Waals surface area contributed by atoms with Gasteiger partial charge in [0.25, 0.3) is 0 Å². The zero-order chi connectivity index (χ0) is 14.0. The Hall–Kier alpha value is -1.12. The lowest BCUT2D eigenvalue weighted by atomic mass is 9.85. The Morgan fingerprint density at radius 2 is 1.79 bits per heavy atom. The molecule has 0 aliphatic heterocycles. The van der Waals surface area contributed by atoms with Gasteiger partial charge in [-0.15, -0.1) is 0 Å². The van der Waals surface area contributed by atoms with E-state index in [1.165, 1.54) is 22.3 Å². The zero-order valence-electron chi connectivity index (χ0n) is 11.7. The van der Waals surface area contributed by atoms with Crippen molar-refractivity contribution in [1.82, 2.24) is 0 Å². The van der Waals surface area contributed by atoms with Crippen LogP contribution in [0.5, 0.6) is 0 Å². The van der Waals surface area contributed by atoms with E-state index in [1.807, 2.05) is 6.07 Å². The van der Waals surface area contributed by atoms with E-state index in [4.69, 9.17) is 5.73 Å². The van der Waals surface area contributed by atoms with Gasteiger partial charge in [0.15, 0.2) is 0 Å². The Kier molecular flexibility index (Phi) is 4.12. The van der Waals surface area contributed by atoms with Crippen LogP contribution in [0.4, 0.5) is 0 Å². The van der Waals surface area contributed by atoms with Gasteiger partial charge in [-0.3, -0.25) is 0 Å². The minimum Gasteiger partial charge on any atom is -0.321 e. The van der Waals surface area contributed by atoms with Crippen LogP contribution in [0.25, 0.3) is 0 Å². The maximum atomic E-state index is 6.52. The van der Waals surface area contributed by atoms with Crippen LogP contribution in [0.15, 0.2) is 46.9 Å². The van der Waals surface area contributed by atoms with Crippen molar-refractivity contribution >= 4 is 15.9 Å². The molecular weight excluding hydrogens is 298 g/mol. The van der Waals surface area contributed by atoms with Crippen LogP contribution in [-0.4, -0.2) is 0 Å². The molecule has 0 saturated heterocycles. The summed E-state index contributed by atoms with van der Waals surface area (Å²) in [5.41, 5.74) is 11.2. The largest absolute Gasteiger partial charge is 0.321 e. The van der Waals surface area contributed by atoms with E-state index in [2.05, 4.69) is 73.1 Å². The highest BCUT2D eigenvalue weighted by Crippen LogP contribution is 2.25. The number of nitrogens with two attached hydrogens (primary N) is 1. The monoisotopic (exact) mass is 317 g/mol. The van der Waals surface area contributed by atoms with Gasteiger partial charge in [0, 0.05) is 10.0 Å². The third kappa shape index (κ3) is 3.46. The molecule has 2 heteroatoms. The van der Waals surface area contributed by atoms with Crippen molar-refractivity contribution in [2.24, 2.45) is 5.73 Å². The molecule has 0 aliphatic rings. The minimum absolute atomic E-state index is 0.348. The van der Waals surface area contributed by atoms with Crippen molar-refractivity contribution in [3.8, 4) is 0 Å². The van der Waals surface area contributed by atoms with Crippen LogP contribution in [0, 0.1) is 13.8 Å². The molecule has 0 bridgehead atoms. The highest BCUT2D eigenvalue weighted by atomic mass is 79.9. The van der Waals surface area contributed by atoms with Crippen LogP contribution in [-0.2, 0) is 12.0 Å². The predicted octanol–water partition coefficient (Wildman–Crippen LogP) is 4.48. The number of hydrogen-bond acceptors (Lipinski definition) is 1. The van der Waals surface area contributed by atoms with E-state index >= 15 is 0 Å². The van der Waals surface area contributed by atoms with Crippen LogP contribution in [0.1, 0.15) is 29.2 Å². The third-order valence-electron chi connectivity index (χ3n) is 3.63. The van der Waals surface area contributed by atoms with Crippen LogP contribution >= 0.6 is 15.9 Å². The van der Waals surface area contributed by atoms with E-state index in [0.717, 1.165) is 10.9 Å². The summed E-state index contributed by atoms with van der Waals surface area (Å²) in [6.07, 6.45) is 0.828. The Morgan fingerprint density at radius 1 is 1.05 bits per heavy atom. The molecule has 1 nitrogen and oxygen atoms in total. The molecule has 19 heavy (non-hydrogen) atoms. The average molecular weight is 318 g/mol. The van der Waals surface area contributed by atoms with Crippen molar-refractivity contribution in [3.05, 3.63) is 69.2 Å². The first-order valence-corrected chi connectivity index (χ1v) is 7.29. The number of hydrogen-bond donors (Lipinski definition) is 1. The van der Waals surface area contributed by atoms with Crippen molar-refractivity contribution in [2.45, 2.75) is 32.7 Å². The first-order valence-electron chi connectivity index (χ1n) is 6.49.